The van der Waals surface area contributed by atoms with Crippen LogP contribution >= 0.6 is 23.2 Å². The number of aromatic nitrogens is 1. The summed E-state index contributed by atoms with van der Waals surface area (Å²) in [6, 6.07) is 16.1. The van der Waals surface area contributed by atoms with Crippen LogP contribution in [0, 0.1) is 24.0 Å². The molecule has 1 aromatic heterocycles. The van der Waals surface area contributed by atoms with Gasteiger partial charge in [-0.2, -0.15) is 5.10 Å². The molecule has 230 valence electrons. The number of nitro benzene ring substituents is 1. The molecular formula is C29H27Cl2N5O7S. The first-order valence-electron chi connectivity index (χ1n) is 12.8. The highest BCUT2D eigenvalue weighted by Gasteiger charge is 2.34. The minimum Gasteiger partial charge on any atom is -0.497 e. The maximum Gasteiger partial charge on any atom is 0.289 e. The van der Waals surface area contributed by atoms with Gasteiger partial charge in [0.15, 0.2) is 4.90 Å². The molecule has 4 aromatic rings. The average Bonchev–Trinajstić information content (AvgIpc) is 3.27. The van der Waals surface area contributed by atoms with Gasteiger partial charge in [0, 0.05) is 34.1 Å². The second-order valence-electron chi connectivity index (χ2n) is 9.33. The molecule has 1 heterocycles. The van der Waals surface area contributed by atoms with Crippen molar-refractivity contribution in [2.45, 2.75) is 18.7 Å². The summed E-state index contributed by atoms with van der Waals surface area (Å²) in [5.41, 5.74) is 4.62. The molecule has 0 aliphatic carbocycles. The van der Waals surface area contributed by atoms with Gasteiger partial charge < -0.3 is 14.0 Å². The topological polar surface area (TPSA) is 145 Å². The number of para-hydroxylation sites is 1. The molecule has 0 saturated heterocycles. The second-order valence-corrected chi connectivity index (χ2v) is 12.0. The SMILES string of the molecule is COc1ccc(N(CC(=O)N/N=C/c2cc(C)n(-c3ccc(Cl)cc3Cl)c2C)S(=O)(=O)c2ccccc2[N+](=O)[O-])c(OC)c1. The number of hydrogen-bond acceptors (Lipinski definition) is 8. The molecule has 1 N–H and O–H groups in total. The first-order chi connectivity index (χ1) is 20.9. The summed E-state index contributed by atoms with van der Waals surface area (Å²) < 4.78 is 40.9. The molecule has 0 atom stereocenters. The number of methoxy groups -OCH3 is 2. The Kier molecular flexibility index (Phi) is 9.82. The van der Waals surface area contributed by atoms with E-state index in [1.54, 1.807) is 18.2 Å². The summed E-state index contributed by atoms with van der Waals surface area (Å²) in [6.45, 7) is 2.94. The van der Waals surface area contributed by atoms with Gasteiger partial charge in [-0.25, -0.2) is 13.8 Å². The molecule has 0 aliphatic rings. The van der Waals surface area contributed by atoms with E-state index in [0.717, 1.165) is 23.5 Å². The Bertz CT molecular complexity index is 1880. The molecule has 4 rings (SSSR count). The quantitative estimate of drug-likeness (QED) is 0.124. The largest absolute Gasteiger partial charge is 0.497 e. The Morgan fingerprint density at radius 3 is 2.45 bits per heavy atom. The van der Waals surface area contributed by atoms with Crippen molar-refractivity contribution in [2.75, 3.05) is 25.1 Å². The average molecular weight is 661 g/mol. The van der Waals surface area contributed by atoms with Crippen LogP contribution in [-0.2, 0) is 14.8 Å². The van der Waals surface area contributed by atoms with Crippen molar-refractivity contribution in [1.29, 1.82) is 0 Å². The van der Waals surface area contributed by atoms with Crippen molar-refractivity contribution in [2.24, 2.45) is 5.10 Å². The number of anilines is 1. The summed E-state index contributed by atoms with van der Waals surface area (Å²) in [4.78, 5) is 23.4. The molecular weight excluding hydrogens is 633 g/mol. The lowest BCUT2D eigenvalue weighted by Crippen LogP contribution is -2.40. The number of sulfonamides is 1. The van der Waals surface area contributed by atoms with Crippen LogP contribution in [0.4, 0.5) is 11.4 Å². The summed E-state index contributed by atoms with van der Waals surface area (Å²) >= 11 is 12.4. The van der Waals surface area contributed by atoms with E-state index in [0.29, 0.717) is 31.4 Å². The number of hydrogen-bond donors (Lipinski definition) is 1. The lowest BCUT2D eigenvalue weighted by Gasteiger charge is -2.25. The molecule has 3 aromatic carbocycles. The van der Waals surface area contributed by atoms with Crippen LogP contribution in [-0.4, -0.2) is 50.8 Å². The Morgan fingerprint density at radius 2 is 1.80 bits per heavy atom. The Balaban J connectivity index is 1.66. The minimum absolute atomic E-state index is 0.0473. The number of nitrogens with zero attached hydrogens (tertiary/aromatic N) is 4. The fraction of sp³-hybridized carbons (Fsp3) is 0.172. The minimum atomic E-state index is -4.67. The predicted octanol–water partition coefficient (Wildman–Crippen LogP) is 5.67. The zero-order chi connectivity index (χ0) is 32.2. The zero-order valence-electron chi connectivity index (χ0n) is 23.9. The molecule has 15 heteroatoms. The van der Waals surface area contributed by atoms with Crippen molar-refractivity contribution >= 4 is 56.7 Å². The van der Waals surface area contributed by atoms with Gasteiger partial charge in [-0.15, -0.1) is 0 Å². The molecule has 0 saturated carbocycles. The van der Waals surface area contributed by atoms with E-state index >= 15 is 0 Å². The van der Waals surface area contributed by atoms with Gasteiger partial charge in [0.2, 0.25) is 0 Å². The highest BCUT2D eigenvalue weighted by Crippen LogP contribution is 2.37. The molecule has 0 unspecified atom stereocenters. The Hall–Kier alpha value is -4.59. The number of benzene rings is 3. The number of ether oxygens (including phenoxy) is 2. The third kappa shape index (κ3) is 6.64. The van der Waals surface area contributed by atoms with Crippen molar-refractivity contribution in [3.63, 3.8) is 0 Å². The summed E-state index contributed by atoms with van der Waals surface area (Å²) in [5.74, 6) is -0.410. The highest BCUT2D eigenvalue weighted by molar-refractivity contribution is 7.93. The van der Waals surface area contributed by atoms with Gasteiger partial charge in [-0.05, 0) is 56.3 Å². The maximum absolute atomic E-state index is 13.9. The van der Waals surface area contributed by atoms with Gasteiger partial charge in [0.25, 0.3) is 21.6 Å². The van der Waals surface area contributed by atoms with Crippen LogP contribution in [0.2, 0.25) is 10.0 Å². The van der Waals surface area contributed by atoms with E-state index in [4.69, 9.17) is 32.7 Å². The van der Waals surface area contributed by atoms with E-state index < -0.39 is 38.0 Å². The molecule has 0 radical (unpaired) electrons. The number of rotatable bonds is 11. The Labute approximate surface area is 263 Å². The number of aryl methyl sites for hydroxylation is 1. The van der Waals surface area contributed by atoms with Gasteiger partial charge in [0.1, 0.15) is 18.0 Å². The summed E-state index contributed by atoms with van der Waals surface area (Å²) in [7, 11) is -1.94. The maximum atomic E-state index is 13.9. The van der Waals surface area contributed by atoms with E-state index in [9.17, 15) is 23.3 Å². The van der Waals surface area contributed by atoms with Crippen LogP contribution in [0.25, 0.3) is 5.69 Å². The van der Waals surface area contributed by atoms with Crippen molar-refractivity contribution in [3.8, 4) is 17.2 Å². The molecule has 44 heavy (non-hydrogen) atoms. The number of amides is 1. The molecule has 12 nitrogen and oxygen atoms in total. The molecule has 0 fully saturated rings. The number of nitro groups is 1. The summed E-state index contributed by atoms with van der Waals surface area (Å²) in [6.07, 6.45) is 1.41. The standard InChI is InChI=1S/C29H27Cl2N5O7S/c1-18-13-20(19(2)35(18)24-11-9-21(30)14-23(24)31)16-32-33-29(37)17-34(25-12-10-22(42-3)15-27(25)43-4)44(40,41)28-8-6-5-7-26(28)36(38)39/h5-16H,17H2,1-4H3,(H,33,37)/b32-16+. The number of carbonyl (C=O) groups excluding carboxylic acids is 1. The van der Waals surface area contributed by atoms with E-state index in [1.807, 2.05) is 24.5 Å². The van der Waals surface area contributed by atoms with E-state index in [2.05, 4.69) is 10.5 Å². The summed E-state index contributed by atoms with van der Waals surface area (Å²) in [5, 5.41) is 16.7. The monoisotopic (exact) mass is 659 g/mol. The van der Waals surface area contributed by atoms with Gasteiger partial charge in [-0.3, -0.25) is 19.2 Å². The van der Waals surface area contributed by atoms with Gasteiger partial charge >= 0.3 is 0 Å². The number of carbonyl (C=O) groups is 1. The highest BCUT2D eigenvalue weighted by atomic mass is 35.5. The molecule has 1 amide bonds. The lowest BCUT2D eigenvalue weighted by atomic mass is 10.2. The van der Waals surface area contributed by atoms with Crippen LogP contribution in [0.3, 0.4) is 0 Å². The Morgan fingerprint density at radius 1 is 1.07 bits per heavy atom. The van der Waals surface area contributed by atoms with Crippen LogP contribution < -0.4 is 19.2 Å². The van der Waals surface area contributed by atoms with Crippen LogP contribution in [0.15, 0.2) is 76.7 Å². The van der Waals surface area contributed by atoms with Gasteiger partial charge in [0.05, 0.1) is 41.8 Å². The zero-order valence-corrected chi connectivity index (χ0v) is 26.3. The fourth-order valence-corrected chi connectivity index (χ4v) is 6.61. The smallest absolute Gasteiger partial charge is 0.289 e. The normalized spacial score (nSPS) is 11.4. The second kappa shape index (κ2) is 13.4. The van der Waals surface area contributed by atoms with Crippen molar-refractivity contribution in [3.05, 3.63) is 104 Å². The van der Waals surface area contributed by atoms with Gasteiger partial charge in [-0.1, -0.05) is 35.3 Å². The van der Waals surface area contributed by atoms with Crippen LogP contribution in [0.5, 0.6) is 11.5 Å². The van der Waals surface area contributed by atoms with Crippen molar-refractivity contribution in [1.82, 2.24) is 9.99 Å². The van der Waals surface area contributed by atoms with E-state index in [1.165, 1.54) is 50.8 Å². The third-order valence-electron chi connectivity index (χ3n) is 6.59. The molecule has 0 bridgehead atoms. The third-order valence-corrected chi connectivity index (χ3v) is 8.93. The van der Waals surface area contributed by atoms with Crippen LogP contribution in [0.1, 0.15) is 17.0 Å². The first kappa shape index (κ1) is 32.3. The number of nitrogens with one attached hydrogen (secondary N) is 1. The first-order valence-corrected chi connectivity index (χ1v) is 15.0. The molecule has 0 aliphatic heterocycles. The van der Waals surface area contributed by atoms with E-state index in [-0.39, 0.29) is 11.4 Å². The predicted molar refractivity (Wildman–Crippen MR) is 168 cm³/mol. The van der Waals surface area contributed by atoms with Crippen molar-refractivity contribution < 1.29 is 27.6 Å². The number of hydrazone groups is 1. The fourth-order valence-electron chi connectivity index (χ4n) is 4.53. The lowest BCUT2D eigenvalue weighted by molar-refractivity contribution is -0.387. The number of halogens is 2. The molecule has 0 spiro atoms.